The summed E-state index contributed by atoms with van der Waals surface area (Å²) in [4.78, 5) is 61.8. The fourth-order valence-electron chi connectivity index (χ4n) is 3.96. The van der Waals surface area contributed by atoms with Crippen molar-refractivity contribution in [1.29, 1.82) is 0 Å². The van der Waals surface area contributed by atoms with Crippen LogP contribution in [0.5, 0.6) is 0 Å². The third kappa shape index (κ3) is 2.64. The molecule has 1 spiro atoms. The van der Waals surface area contributed by atoms with Crippen LogP contribution in [0.15, 0.2) is 24.3 Å². The van der Waals surface area contributed by atoms with Gasteiger partial charge < -0.3 is 4.90 Å². The van der Waals surface area contributed by atoms with Crippen molar-refractivity contribution in [2.75, 3.05) is 18.0 Å². The number of non-ortho nitro benzene ring substituents is 1. The number of amides is 4. The lowest BCUT2D eigenvalue weighted by Gasteiger charge is -2.47. The maximum absolute atomic E-state index is 12.9. The molecule has 3 aliphatic rings. The molecule has 1 N–H and O–H groups in total. The first-order valence-electron chi connectivity index (χ1n) is 8.50. The summed E-state index contributed by atoms with van der Waals surface area (Å²) in [5.41, 5.74) is -0.170. The summed E-state index contributed by atoms with van der Waals surface area (Å²) in [5.74, 6) is -1.81. The Kier molecular flexibility index (Phi) is 3.72. The number of piperidine rings is 1. The van der Waals surface area contributed by atoms with E-state index in [9.17, 15) is 29.3 Å². The average Bonchev–Trinajstić information content (AvgIpc) is 2.85. The minimum atomic E-state index is -0.935. The minimum Gasteiger partial charge on any atom is -0.369 e. The standard InChI is InChI=1S/C17H16N4O6/c22-13-6-5-12(15(24)18-13)20-14(23)7-17(16(20)25)8-19(9-17)10-1-3-11(4-2-10)21(26)27/h1-4,12H,5-9H2,(H,18,22,24). The highest BCUT2D eigenvalue weighted by Gasteiger charge is 2.60. The predicted octanol–water partition coefficient (Wildman–Crippen LogP) is -0.0347. The summed E-state index contributed by atoms with van der Waals surface area (Å²) in [6.45, 7) is 0.609. The Morgan fingerprint density at radius 3 is 2.37 bits per heavy atom. The molecule has 3 saturated heterocycles. The normalized spacial score (nSPS) is 24.2. The van der Waals surface area contributed by atoms with Crippen LogP contribution in [0.3, 0.4) is 0 Å². The van der Waals surface area contributed by atoms with Gasteiger partial charge >= 0.3 is 0 Å². The Morgan fingerprint density at radius 1 is 1.11 bits per heavy atom. The van der Waals surface area contributed by atoms with E-state index in [1.807, 2.05) is 4.90 Å². The third-order valence-electron chi connectivity index (χ3n) is 5.37. The summed E-state index contributed by atoms with van der Waals surface area (Å²) in [5, 5.41) is 12.9. The van der Waals surface area contributed by atoms with Gasteiger partial charge in [0.2, 0.25) is 23.6 Å². The van der Waals surface area contributed by atoms with E-state index in [4.69, 9.17) is 0 Å². The molecule has 1 aromatic rings. The molecular weight excluding hydrogens is 356 g/mol. The van der Waals surface area contributed by atoms with Crippen molar-refractivity contribution >= 4 is 35.0 Å². The van der Waals surface area contributed by atoms with E-state index in [-0.39, 0.29) is 30.9 Å². The fourth-order valence-corrected chi connectivity index (χ4v) is 3.96. The summed E-state index contributed by atoms with van der Waals surface area (Å²) < 4.78 is 0. The number of nitro benzene ring substituents is 1. The first-order chi connectivity index (χ1) is 12.8. The van der Waals surface area contributed by atoms with Crippen LogP contribution >= 0.6 is 0 Å². The first-order valence-corrected chi connectivity index (χ1v) is 8.50. The number of nitrogens with zero attached hydrogens (tertiary/aromatic N) is 3. The van der Waals surface area contributed by atoms with Crippen LogP contribution in [0.1, 0.15) is 19.3 Å². The molecule has 1 unspecified atom stereocenters. The molecule has 4 rings (SSSR count). The summed E-state index contributed by atoms with van der Waals surface area (Å²) in [6.07, 6.45) is 0.257. The Labute approximate surface area is 153 Å². The second-order valence-electron chi connectivity index (χ2n) is 7.12. The molecule has 1 aromatic carbocycles. The SMILES string of the molecule is O=C1CCC(N2C(=O)CC3(CN(c4ccc([N+](=O)[O-])cc4)C3)C2=O)C(=O)N1. The Bertz CT molecular complexity index is 874. The molecule has 140 valence electrons. The van der Waals surface area contributed by atoms with Crippen molar-refractivity contribution < 1.29 is 24.1 Å². The van der Waals surface area contributed by atoms with Gasteiger partial charge in [-0.3, -0.25) is 39.5 Å². The zero-order chi connectivity index (χ0) is 19.3. The third-order valence-corrected chi connectivity index (χ3v) is 5.37. The Hall–Kier alpha value is -3.30. The number of benzene rings is 1. The highest BCUT2D eigenvalue weighted by Crippen LogP contribution is 2.44. The van der Waals surface area contributed by atoms with Gasteiger partial charge in [0, 0.05) is 43.8 Å². The molecule has 3 heterocycles. The van der Waals surface area contributed by atoms with E-state index in [2.05, 4.69) is 5.32 Å². The zero-order valence-electron chi connectivity index (χ0n) is 14.2. The number of imide groups is 2. The Morgan fingerprint density at radius 2 is 1.78 bits per heavy atom. The lowest BCUT2D eigenvalue weighted by Crippen LogP contribution is -2.62. The molecule has 10 heteroatoms. The van der Waals surface area contributed by atoms with Crippen LogP contribution in [0.4, 0.5) is 11.4 Å². The first kappa shape index (κ1) is 17.1. The van der Waals surface area contributed by atoms with Crippen molar-refractivity contribution in [1.82, 2.24) is 10.2 Å². The number of likely N-dealkylation sites (tertiary alicyclic amines) is 1. The molecule has 4 amide bonds. The van der Waals surface area contributed by atoms with Gasteiger partial charge in [0.15, 0.2) is 0 Å². The average molecular weight is 372 g/mol. The van der Waals surface area contributed by atoms with Gasteiger partial charge in [-0.1, -0.05) is 0 Å². The van der Waals surface area contributed by atoms with E-state index in [0.717, 1.165) is 10.6 Å². The molecule has 0 aromatic heterocycles. The monoisotopic (exact) mass is 372 g/mol. The minimum absolute atomic E-state index is 0.0209. The molecule has 27 heavy (non-hydrogen) atoms. The highest BCUT2D eigenvalue weighted by molar-refractivity contribution is 6.12. The molecule has 0 radical (unpaired) electrons. The molecular formula is C17H16N4O6. The predicted molar refractivity (Wildman–Crippen MR) is 90.4 cm³/mol. The smallest absolute Gasteiger partial charge is 0.269 e. The van der Waals surface area contributed by atoms with E-state index < -0.39 is 34.1 Å². The number of hydrogen-bond donors (Lipinski definition) is 1. The van der Waals surface area contributed by atoms with Gasteiger partial charge in [-0.25, -0.2) is 0 Å². The second kappa shape index (κ2) is 5.86. The molecule has 0 bridgehead atoms. The van der Waals surface area contributed by atoms with Gasteiger partial charge in [-0.15, -0.1) is 0 Å². The molecule has 10 nitrogen and oxygen atoms in total. The van der Waals surface area contributed by atoms with Crippen molar-refractivity contribution in [2.45, 2.75) is 25.3 Å². The van der Waals surface area contributed by atoms with Crippen LogP contribution in [0, 0.1) is 15.5 Å². The molecule has 0 saturated carbocycles. The largest absolute Gasteiger partial charge is 0.369 e. The zero-order valence-corrected chi connectivity index (χ0v) is 14.2. The maximum atomic E-state index is 12.9. The molecule has 0 aliphatic carbocycles. The number of nitro groups is 1. The van der Waals surface area contributed by atoms with Crippen LogP contribution in [-0.4, -0.2) is 52.6 Å². The highest BCUT2D eigenvalue weighted by atomic mass is 16.6. The van der Waals surface area contributed by atoms with Gasteiger partial charge in [-0.2, -0.15) is 0 Å². The number of rotatable bonds is 3. The van der Waals surface area contributed by atoms with Crippen molar-refractivity contribution in [2.24, 2.45) is 5.41 Å². The number of anilines is 1. The van der Waals surface area contributed by atoms with Crippen LogP contribution in [0.2, 0.25) is 0 Å². The topological polar surface area (TPSA) is 130 Å². The Balaban J connectivity index is 1.47. The van der Waals surface area contributed by atoms with Crippen LogP contribution < -0.4 is 10.2 Å². The molecule has 3 fully saturated rings. The number of carbonyl (C=O) groups excluding carboxylic acids is 4. The van der Waals surface area contributed by atoms with Crippen molar-refractivity contribution in [3.63, 3.8) is 0 Å². The van der Waals surface area contributed by atoms with Crippen molar-refractivity contribution in [3.05, 3.63) is 34.4 Å². The number of carbonyl (C=O) groups is 4. The van der Waals surface area contributed by atoms with E-state index in [0.29, 0.717) is 13.1 Å². The van der Waals surface area contributed by atoms with Gasteiger partial charge in [0.1, 0.15) is 6.04 Å². The quantitative estimate of drug-likeness (QED) is 0.448. The number of nitrogens with one attached hydrogen (secondary N) is 1. The summed E-state index contributed by atoms with van der Waals surface area (Å²) in [6, 6.07) is 5.04. The molecule has 1 atom stereocenters. The number of hydrogen-bond acceptors (Lipinski definition) is 7. The van der Waals surface area contributed by atoms with E-state index in [1.165, 1.54) is 12.1 Å². The van der Waals surface area contributed by atoms with Gasteiger partial charge in [0.05, 0.1) is 10.3 Å². The van der Waals surface area contributed by atoms with Crippen LogP contribution in [0.25, 0.3) is 0 Å². The lowest BCUT2D eigenvalue weighted by atomic mass is 9.77. The summed E-state index contributed by atoms with van der Waals surface area (Å²) in [7, 11) is 0. The van der Waals surface area contributed by atoms with Gasteiger partial charge in [-0.05, 0) is 18.6 Å². The fraction of sp³-hybridized carbons (Fsp3) is 0.412. The molecule has 3 aliphatic heterocycles. The lowest BCUT2D eigenvalue weighted by molar-refractivity contribution is -0.384. The van der Waals surface area contributed by atoms with Crippen LogP contribution in [-0.2, 0) is 19.2 Å². The summed E-state index contributed by atoms with van der Waals surface area (Å²) >= 11 is 0. The van der Waals surface area contributed by atoms with Crippen molar-refractivity contribution in [3.8, 4) is 0 Å². The van der Waals surface area contributed by atoms with Gasteiger partial charge in [0.25, 0.3) is 5.69 Å². The van der Waals surface area contributed by atoms with E-state index in [1.54, 1.807) is 12.1 Å². The maximum Gasteiger partial charge on any atom is 0.269 e. The second-order valence-corrected chi connectivity index (χ2v) is 7.12. The van der Waals surface area contributed by atoms with E-state index >= 15 is 0 Å².